The van der Waals surface area contributed by atoms with Crippen LogP contribution in [0.15, 0.2) is 36.7 Å². The van der Waals surface area contributed by atoms with Crippen molar-refractivity contribution in [1.82, 2.24) is 4.98 Å². The zero-order valence-electron chi connectivity index (χ0n) is 9.97. The highest BCUT2D eigenvalue weighted by molar-refractivity contribution is 5.39. The van der Waals surface area contributed by atoms with Crippen LogP contribution in [0.5, 0.6) is 11.5 Å². The van der Waals surface area contributed by atoms with Crippen molar-refractivity contribution in [3.63, 3.8) is 0 Å². The maximum Gasteiger partial charge on any atom is 0.136 e. The van der Waals surface area contributed by atoms with Crippen LogP contribution >= 0.6 is 0 Å². The van der Waals surface area contributed by atoms with E-state index in [0.717, 1.165) is 16.9 Å². The summed E-state index contributed by atoms with van der Waals surface area (Å²) in [7, 11) is 0. The molecule has 1 heterocycles. The van der Waals surface area contributed by atoms with Gasteiger partial charge in [0.1, 0.15) is 11.5 Å². The van der Waals surface area contributed by atoms with E-state index in [4.69, 9.17) is 4.74 Å². The molecule has 1 N–H and O–H groups in total. The van der Waals surface area contributed by atoms with Gasteiger partial charge in [0.05, 0.1) is 6.61 Å². The van der Waals surface area contributed by atoms with E-state index in [0.29, 0.717) is 11.3 Å². The molecular weight excluding hydrogens is 214 g/mol. The Bertz CT molecular complexity index is 503. The number of aromatic nitrogens is 1. The Morgan fingerprint density at radius 1 is 1.18 bits per heavy atom. The largest absolute Gasteiger partial charge is 0.457 e. The van der Waals surface area contributed by atoms with Crippen molar-refractivity contribution in [1.29, 1.82) is 0 Å². The van der Waals surface area contributed by atoms with Crippen molar-refractivity contribution < 1.29 is 9.84 Å². The Hall–Kier alpha value is -1.87. The van der Waals surface area contributed by atoms with E-state index in [-0.39, 0.29) is 6.61 Å². The molecule has 88 valence electrons. The van der Waals surface area contributed by atoms with Crippen LogP contribution in [0.3, 0.4) is 0 Å². The normalized spacial score (nSPS) is 10.3. The molecule has 0 aliphatic rings. The number of pyridine rings is 1. The summed E-state index contributed by atoms with van der Waals surface area (Å²) in [6, 6.07) is 7.78. The molecular formula is C14H15NO2. The highest BCUT2D eigenvalue weighted by atomic mass is 16.5. The number of ether oxygens (including phenoxy) is 1. The molecule has 0 atom stereocenters. The van der Waals surface area contributed by atoms with Crippen LogP contribution in [-0.2, 0) is 6.61 Å². The van der Waals surface area contributed by atoms with Gasteiger partial charge < -0.3 is 9.84 Å². The molecule has 17 heavy (non-hydrogen) atoms. The zero-order chi connectivity index (χ0) is 12.3. The van der Waals surface area contributed by atoms with Crippen molar-refractivity contribution in [3.05, 3.63) is 53.3 Å². The Labute approximate surface area is 101 Å². The van der Waals surface area contributed by atoms with Gasteiger partial charge in [0.15, 0.2) is 0 Å². The van der Waals surface area contributed by atoms with Crippen molar-refractivity contribution in [2.75, 3.05) is 0 Å². The first-order valence-corrected chi connectivity index (χ1v) is 5.49. The SMILES string of the molecule is Cc1cc(C)cc(Oc2ccncc2CO)c1. The van der Waals surface area contributed by atoms with Crippen molar-refractivity contribution >= 4 is 0 Å². The molecule has 3 heteroatoms. The van der Waals surface area contributed by atoms with Gasteiger partial charge in [0.25, 0.3) is 0 Å². The molecule has 0 fully saturated rings. The van der Waals surface area contributed by atoms with Gasteiger partial charge in [-0.3, -0.25) is 4.98 Å². The molecule has 0 saturated carbocycles. The maximum atomic E-state index is 9.19. The van der Waals surface area contributed by atoms with Gasteiger partial charge in [-0.2, -0.15) is 0 Å². The Balaban J connectivity index is 2.31. The lowest BCUT2D eigenvalue weighted by Gasteiger charge is -2.10. The van der Waals surface area contributed by atoms with Gasteiger partial charge in [-0.05, 0) is 43.2 Å². The second-order valence-corrected chi connectivity index (χ2v) is 4.07. The fourth-order valence-corrected chi connectivity index (χ4v) is 1.75. The minimum atomic E-state index is -0.0754. The summed E-state index contributed by atoms with van der Waals surface area (Å²) < 4.78 is 5.76. The lowest BCUT2D eigenvalue weighted by Crippen LogP contribution is -1.93. The van der Waals surface area contributed by atoms with Gasteiger partial charge in [0.2, 0.25) is 0 Å². The van der Waals surface area contributed by atoms with Crippen LogP contribution in [0.25, 0.3) is 0 Å². The first-order valence-electron chi connectivity index (χ1n) is 5.49. The predicted molar refractivity (Wildman–Crippen MR) is 66.1 cm³/mol. The molecule has 0 saturated heterocycles. The third kappa shape index (κ3) is 2.82. The van der Waals surface area contributed by atoms with Crippen LogP contribution < -0.4 is 4.74 Å². The van der Waals surface area contributed by atoms with E-state index in [1.54, 1.807) is 18.5 Å². The molecule has 2 aromatic rings. The number of nitrogens with zero attached hydrogens (tertiary/aromatic N) is 1. The third-order valence-corrected chi connectivity index (χ3v) is 2.45. The second-order valence-electron chi connectivity index (χ2n) is 4.07. The molecule has 1 aromatic heterocycles. The molecule has 0 aliphatic carbocycles. The lowest BCUT2D eigenvalue weighted by molar-refractivity contribution is 0.276. The average molecular weight is 229 g/mol. The van der Waals surface area contributed by atoms with Crippen LogP contribution in [0, 0.1) is 13.8 Å². The molecule has 0 amide bonds. The zero-order valence-corrected chi connectivity index (χ0v) is 9.97. The Morgan fingerprint density at radius 3 is 2.53 bits per heavy atom. The number of hydrogen-bond acceptors (Lipinski definition) is 3. The first-order chi connectivity index (χ1) is 8.19. The minimum absolute atomic E-state index is 0.0754. The fraction of sp³-hybridized carbons (Fsp3) is 0.214. The van der Waals surface area contributed by atoms with Gasteiger partial charge in [-0.1, -0.05) is 6.07 Å². The molecule has 3 nitrogen and oxygen atoms in total. The van der Waals surface area contributed by atoms with Gasteiger partial charge >= 0.3 is 0 Å². The smallest absolute Gasteiger partial charge is 0.136 e. The van der Waals surface area contributed by atoms with E-state index < -0.39 is 0 Å². The van der Waals surface area contributed by atoms with E-state index in [9.17, 15) is 5.11 Å². The lowest BCUT2D eigenvalue weighted by atomic mass is 10.1. The third-order valence-electron chi connectivity index (χ3n) is 2.45. The topological polar surface area (TPSA) is 42.4 Å². The van der Waals surface area contributed by atoms with Crippen LogP contribution in [0.1, 0.15) is 16.7 Å². The first kappa shape index (κ1) is 11.6. The van der Waals surface area contributed by atoms with Gasteiger partial charge in [-0.15, -0.1) is 0 Å². The number of aliphatic hydroxyl groups is 1. The highest BCUT2D eigenvalue weighted by Gasteiger charge is 2.04. The molecule has 0 unspecified atom stereocenters. The second kappa shape index (κ2) is 4.97. The number of hydrogen-bond donors (Lipinski definition) is 1. The van der Waals surface area contributed by atoms with E-state index >= 15 is 0 Å². The monoisotopic (exact) mass is 229 g/mol. The molecule has 0 radical (unpaired) electrons. The summed E-state index contributed by atoms with van der Waals surface area (Å²) in [5.41, 5.74) is 2.99. The number of rotatable bonds is 3. The summed E-state index contributed by atoms with van der Waals surface area (Å²) in [5, 5.41) is 9.19. The number of aliphatic hydroxyl groups excluding tert-OH is 1. The predicted octanol–water partition coefficient (Wildman–Crippen LogP) is 2.98. The summed E-state index contributed by atoms with van der Waals surface area (Å²) in [6.45, 7) is 3.98. The average Bonchev–Trinajstić information content (AvgIpc) is 2.28. The van der Waals surface area contributed by atoms with Gasteiger partial charge in [0, 0.05) is 18.0 Å². The van der Waals surface area contributed by atoms with Crippen LogP contribution in [-0.4, -0.2) is 10.1 Å². The van der Waals surface area contributed by atoms with Crippen molar-refractivity contribution in [3.8, 4) is 11.5 Å². The number of benzene rings is 1. The maximum absolute atomic E-state index is 9.19. The van der Waals surface area contributed by atoms with E-state index in [1.807, 2.05) is 26.0 Å². The van der Waals surface area contributed by atoms with E-state index in [1.165, 1.54) is 0 Å². The molecule has 0 spiro atoms. The van der Waals surface area contributed by atoms with Gasteiger partial charge in [-0.25, -0.2) is 0 Å². The minimum Gasteiger partial charge on any atom is -0.457 e. The van der Waals surface area contributed by atoms with Crippen LogP contribution in [0.4, 0.5) is 0 Å². The Kier molecular flexibility index (Phi) is 3.40. The molecule has 0 bridgehead atoms. The van der Waals surface area contributed by atoms with E-state index in [2.05, 4.69) is 11.1 Å². The summed E-state index contributed by atoms with van der Waals surface area (Å²) in [5.74, 6) is 1.43. The van der Waals surface area contributed by atoms with Crippen molar-refractivity contribution in [2.24, 2.45) is 0 Å². The summed E-state index contributed by atoms with van der Waals surface area (Å²) >= 11 is 0. The highest BCUT2D eigenvalue weighted by Crippen LogP contribution is 2.26. The molecule has 0 aliphatic heterocycles. The number of aryl methyl sites for hydroxylation is 2. The fourth-order valence-electron chi connectivity index (χ4n) is 1.75. The quantitative estimate of drug-likeness (QED) is 0.879. The van der Waals surface area contributed by atoms with Crippen LogP contribution in [0.2, 0.25) is 0 Å². The molecule has 1 aromatic carbocycles. The molecule has 2 rings (SSSR count). The van der Waals surface area contributed by atoms with Crippen molar-refractivity contribution in [2.45, 2.75) is 20.5 Å². The summed E-state index contributed by atoms with van der Waals surface area (Å²) in [4.78, 5) is 3.95. The summed E-state index contributed by atoms with van der Waals surface area (Å²) in [6.07, 6.45) is 3.26. The standard InChI is InChI=1S/C14H15NO2/c1-10-5-11(2)7-13(6-10)17-14-3-4-15-8-12(14)9-16/h3-8,16H,9H2,1-2H3. The Morgan fingerprint density at radius 2 is 1.88 bits per heavy atom.